The number of aliphatic carboxylic acids is 1. The van der Waals surface area contributed by atoms with Crippen molar-refractivity contribution >= 4 is 12.0 Å². The van der Waals surface area contributed by atoms with E-state index in [0.29, 0.717) is 25.8 Å². The molecule has 2 unspecified atom stereocenters. The van der Waals surface area contributed by atoms with Gasteiger partial charge in [0.1, 0.15) is 5.54 Å². The zero-order valence-electron chi connectivity index (χ0n) is 10.9. The third kappa shape index (κ3) is 2.76. The van der Waals surface area contributed by atoms with Gasteiger partial charge >= 0.3 is 12.0 Å². The van der Waals surface area contributed by atoms with Crippen LogP contribution in [-0.2, 0) is 4.79 Å². The Hall–Kier alpha value is -1.70. The molecule has 0 aromatic carbocycles. The molecule has 0 aromatic heterocycles. The zero-order chi connectivity index (χ0) is 13.8. The highest BCUT2D eigenvalue weighted by molar-refractivity contribution is 5.86. The Morgan fingerprint density at radius 1 is 1.61 bits per heavy atom. The third-order valence-electron chi connectivity index (χ3n) is 3.42. The van der Waals surface area contributed by atoms with Gasteiger partial charge in [-0.2, -0.15) is 0 Å². The van der Waals surface area contributed by atoms with Crippen molar-refractivity contribution in [2.75, 3.05) is 6.54 Å². The molecule has 100 valence electrons. The van der Waals surface area contributed by atoms with Crippen LogP contribution in [0.1, 0.15) is 39.5 Å². The summed E-state index contributed by atoms with van der Waals surface area (Å²) in [5.74, 6) is 1.54. The fourth-order valence-corrected chi connectivity index (χ4v) is 2.22. The quantitative estimate of drug-likeness (QED) is 0.744. The second kappa shape index (κ2) is 5.76. The number of carboxylic acid groups (broad SMARTS) is 1. The number of carbonyl (C=O) groups is 2. The lowest BCUT2D eigenvalue weighted by molar-refractivity contribution is -0.147. The van der Waals surface area contributed by atoms with Gasteiger partial charge in [0.2, 0.25) is 0 Å². The minimum absolute atomic E-state index is 0.332. The van der Waals surface area contributed by atoms with Crippen LogP contribution in [0.25, 0.3) is 0 Å². The monoisotopic (exact) mass is 252 g/mol. The summed E-state index contributed by atoms with van der Waals surface area (Å²) in [4.78, 5) is 24.7. The van der Waals surface area contributed by atoms with Crippen LogP contribution < -0.4 is 5.32 Å². The van der Waals surface area contributed by atoms with Gasteiger partial charge in [0.15, 0.2) is 0 Å². The molecule has 0 bridgehead atoms. The molecule has 1 fully saturated rings. The molecule has 1 aliphatic rings. The number of carboxylic acids is 1. The van der Waals surface area contributed by atoms with Crippen LogP contribution >= 0.6 is 0 Å². The highest BCUT2D eigenvalue weighted by atomic mass is 16.4. The van der Waals surface area contributed by atoms with E-state index in [4.69, 9.17) is 6.42 Å². The molecule has 0 aromatic rings. The van der Waals surface area contributed by atoms with Crippen LogP contribution in [0.4, 0.5) is 4.79 Å². The Bertz CT molecular complexity index is 375. The maximum Gasteiger partial charge on any atom is 0.329 e. The number of urea groups is 1. The molecule has 5 nitrogen and oxygen atoms in total. The summed E-state index contributed by atoms with van der Waals surface area (Å²) in [6.45, 7) is 4.01. The first-order valence-corrected chi connectivity index (χ1v) is 6.23. The first-order chi connectivity index (χ1) is 8.45. The lowest BCUT2D eigenvalue weighted by Crippen LogP contribution is -2.55. The van der Waals surface area contributed by atoms with E-state index in [1.165, 1.54) is 4.90 Å². The van der Waals surface area contributed by atoms with E-state index in [1.54, 1.807) is 6.92 Å². The molecular formula is C13H20N2O3. The molecule has 5 heteroatoms. The minimum atomic E-state index is -1.12. The third-order valence-corrected chi connectivity index (χ3v) is 3.42. The first kappa shape index (κ1) is 14.4. The van der Waals surface area contributed by atoms with Crippen molar-refractivity contribution in [2.45, 2.75) is 51.1 Å². The summed E-state index contributed by atoms with van der Waals surface area (Å²) < 4.78 is 0. The molecule has 1 heterocycles. The van der Waals surface area contributed by atoms with Gasteiger partial charge in [-0.05, 0) is 26.2 Å². The SMILES string of the molecule is C#CC(CCC)NC(=O)N1CCCC1(C)C(=O)O. The Kier molecular flexibility index (Phi) is 4.60. The van der Waals surface area contributed by atoms with Crippen molar-refractivity contribution in [1.29, 1.82) is 0 Å². The van der Waals surface area contributed by atoms with Gasteiger partial charge in [0.05, 0.1) is 6.04 Å². The van der Waals surface area contributed by atoms with E-state index >= 15 is 0 Å². The normalized spacial score (nSPS) is 24.4. The number of nitrogens with zero attached hydrogens (tertiary/aromatic N) is 1. The molecule has 0 radical (unpaired) electrons. The molecule has 0 spiro atoms. The summed E-state index contributed by atoms with van der Waals surface area (Å²) in [6, 6.07) is -0.713. The number of likely N-dealkylation sites (tertiary alicyclic amines) is 1. The standard InChI is InChI=1S/C13H20N2O3/c1-4-7-10(5-2)14-12(18)15-9-6-8-13(15,3)11(16)17/h2,10H,4,6-9H2,1,3H3,(H,14,18)(H,16,17). The van der Waals surface area contributed by atoms with Gasteiger partial charge in [-0.1, -0.05) is 19.3 Å². The van der Waals surface area contributed by atoms with Crippen LogP contribution in [-0.4, -0.2) is 40.1 Å². The van der Waals surface area contributed by atoms with Crippen molar-refractivity contribution < 1.29 is 14.7 Å². The fourth-order valence-electron chi connectivity index (χ4n) is 2.22. The lowest BCUT2D eigenvalue weighted by Gasteiger charge is -2.32. The summed E-state index contributed by atoms with van der Waals surface area (Å²) >= 11 is 0. The summed E-state index contributed by atoms with van der Waals surface area (Å²) in [5.41, 5.74) is -1.12. The number of hydrogen-bond donors (Lipinski definition) is 2. The van der Waals surface area contributed by atoms with Crippen molar-refractivity contribution in [2.24, 2.45) is 0 Å². The molecule has 1 saturated heterocycles. The van der Waals surface area contributed by atoms with E-state index in [-0.39, 0.29) is 12.1 Å². The predicted octanol–water partition coefficient (Wildman–Crippen LogP) is 1.44. The number of terminal acetylenes is 1. The molecule has 1 rings (SSSR count). The maximum atomic E-state index is 12.1. The fraction of sp³-hybridized carbons (Fsp3) is 0.692. The number of rotatable bonds is 4. The number of amides is 2. The largest absolute Gasteiger partial charge is 0.480 e. The predicted molar refractivity (Wildman–Crippen MR) is 68.0 cm³/mol. The molecule has 2 N–H and O–H groups in total. The van der Waals surface area contributed by atoms with Gasteiger partial charge in [0, 0.05) is 6.54 Å². The Balaban J connectivity index is 2.72. The van der Waals surface area contributed by atoms with Gasteiger partial charge in [-0.3, -0.25) is 0 Å². The van der Waals surface area contributed by atoms with E-state index < -0.39 is 11.5 Å². The summed E-state index contributed by atoms with van der Waals surface area (Å²) in [6.07, 6.45) is 8.07. The highest BCUT2D eigenvalue weighted by Gasteiger charge is 2.46. The van der Waals surface area contributed by atoms with E-state index in [1.807, 2.05) is 6.92 Å². The number of nitrogens with one attached hydrogen (secondary N) is 1. The van der Waals surface area contributed by atoms with Gasteiger partial charge in [-0.25, -0.2) is 9.59 Å². The maximum absolute atomic E-state index is 12.1. The van der Waals surface area contributed by atoms with E-state index in [9.17, 15) is 14.7 Å². The van der Waals surface area contributed by atoms with Crippen LogP contribution in [0.2, 0.25) is 0 Å². The van der Waals surface area contributed by atoms with Crippen molar-refractivity contribution in [3.63, 3.8) is 0 Å². The van der Waals surface area contributed by atoms with Gasteiger partial charge in [0.25, 0.3) is 0 Å². The molecular weight excluding hydrogens is 232 g/mol. The van der Waals surface area contributed by atoms with Crippen LogP contribution in [0.3, 0.4) is 0 Å². The Morgan fingerprint density at radius 3 is 2.78 bits per heavy atom. The Morgan fingerprint density at radius 2 is 2.28 bits per heavy atom. The van der Waals surface area contributed by atoms with E-state index in [2.05, 4.69) is 11.2 Å². The minimum Gasteiger partial charge on any atom is -0.480 e. The van der Waals surface area contributed by atoms with Crippen LogP contribution in [0, 0.1) is 12.3 Å². The number of hydrogen-bond acceptors (Lipinski definition) is 2. The van der Waals surface area contributed by atoms with Gasteiger partial charge < -0.3 is 15.3 Å². The molecule has 0 aliphatic carbocycles. The lowest BCUT2D eigenvalue weighted by atomic mass is 10.00. The second-order valence-electron chi connectivity index (χ2n) is 4.79. The van der Waals surface area contributed by atoms with Crippen LogP contribution in [0.5, 0.6) is 0 Å². The topological polar surface area (TPSA) is 69.6 Å². The smallest absolute Gasteiger partial charge is 0.329 e. The van der Waals surface area contributed by atoms with Crippen molar-refractivity contribution in [3.05, 3.63) is 0 Å². The zero-order valence-corrected chi connectivity index (χ0v) is 10.9. The van der Waals surface area contributed by atoms with Crippen molar-refractivity contribution in [3.8, 4) is 12.3 Å². The average molecular weight is 252 g/mol. The summed E-state index contributed by atoms with van der Waals surface area (Å²) in [7, 11) is 0. The summed E-state index contributed by atoms with van der Waals surface area (Å²) in [5, 5.41) is 11.9. The molecule has 2 amide bonds. The molecule has 18 heavy (non-hydrogen) atoms. The van der Waals surface area contributed by atoms with E-state index in [0.717, 1.165) is 6.42 Å². The highest BCUT2D eigenvalue weighted by Crippen LogP contribution is 2.29. The molecule has 0 saturated carbocycles. The molecule has 2 atom stereocenters. The average Bonchev–Trinajstić information content (AvgIpc) is 2.72. The second-order valence-corrected chi connectivity index (χ2v) is 4.79. The van der Waals surface area contributed by atoms with Crippen LogP contribution in [0.15, 0.2) is 0 Å². The molecule has 1 aliphatic heterocycles. The number of carbonyl (C=O) groups excluding carboxylic acids is 1. The van der Waals surface area contributed by atoms with Gasteiger partial charge in [-0.15, -0.1) is 6.42 Å². The van der Waals surface area contributed by atoms with Crippen molar-refractivity contribution in [1.82, 2.24) is 10.2 Å². The Labute approximate surface area is 108 Å². The first-order valence-electron chi connectivity index (χ1n) is 6.23.